The van der Waals surface area contributed by atoms with Crippen LogP contribution in [-0.2, 0) is 21.2 Å². The fraction of sp³-hybridized carbons (Fsp3) is 0.235. The quantitative estimate of drug-likeness (QED) is 0.908. The highest BCUT2D eigenvalue weighted by atomic mass is 32.2. The van der Waals surface area contributed by atoms with Gasteiger partial charge in [0.2, 0.25) is 15.9 Å². The van der Waals surface area contributed by atoms with Crippen molar-refractivity contribution < 1.29 is 13.2 Å². The zero-order chi connectivity index (χ0) is 17.3. The molecule has 1 atom stereocenters. The number of fused-ring (bicyclic) bond motifs is 1. The van der Waals surface area contributed by atoms with Crippen LogP contribution in [0.15, 0.2) is 58.3 Å². The second-order valence-corrected chi connectivity index (χ2v) is 9.12. The van der Waals surface area contributed by atoms with E-state index >= 15 is 0 Å². The Bertz CT molecular complexity index is 837. The Hall–Kier alpha value is -1.83. The molecule has 24 heavy (non-hydrogen) atoms. The van der Waals surface area contributed by atoms with Crippen molar-refractivity contribution >= 4 is 33.4 Å². The second-order valence-electron chi connectivity index (χ2n) is 5.72. The maximum Gasteiger partial charge on any atom is 0.242 e. The number of carbonyl (C=O) groups is 1. The molecule has 2 aromatic carbocycles. The average Bonchev–Trinajstić information content (AvgIpc) is 2.99. The molecular weight excluding hydrogens is 344 g/mol. The van der Waals surface area contributed by atoms with E-state index < -0.39 is 10.0 Å². The molecule has 0 spiro atoms. The van der Waals surface area contributed by atoms with Gasteiger partial charge in [0.25, 0.3) is 0 Å². The molecule has 1 aliphatic heterocycles. The molecule has 0 unspecified atom stereocenters. The highest BCUT2D eigenvalue weighted by molar-refractivity contribution is 8.01. The van der Waals surface area contributed by atoms with E-state index in [9.17, 15) is 13.2 Å². The minimum atomic E-state index is -3.46. The Morgan fingerprint density at radius 3 is 2.42 bits per heavy atom. The monoisotopic (exact) mass is 362 g/mol. The molecule has 0 aliphatic carbocycles. The van der Waals surface area contributed by atoms with Crippen LogP contribution < -0.4 is 5.32 Å². The molecule has 126 valence electrons. The third-order valence-corrected chi connectivity index (χ3v) is 6.99. The van der Waals surface area contributed by atoms with Crippen molar-refractivity contribution in [2.45, 2.75) is 21.5 Å². The number of sulfonamides is 1. The molecule has 1 aliphatic rings. The van der Waals surface area contributed by atoms with Crippen LogP contribution in [0.4, 0.5) is 5.69 Å². The summed E-state index contributed by atoms with van der Waals surface area (Å²) in [5, 5.41) is 2.70. The van der Waals surface area contributed by atoms with Gasteiger partial charge in [-0.3, -0.25) is 4.79 Å². The molecule has 1 amide bonds. The molecule has 0 aromatic heterocycles. The summed E-state index contributed by atoms with van der Waals surface area (Å²) in [4.78, 5) is 13.8. The van der Waals surface area contributed by atoms with Crippen molar-refractivity contribution in [3.63, 3.8) is 0 Å². The van der Waals surface area contributed by atoms with Gasteiger partial charge in [0.1, 0.15) is 0 Å². The Kier molecular flexibility index (Phi) is 4.67. The molecule has 0 bridgehead atoms. The van der Waals surface area contributed by atoms with Gasteiger partial charge in [0.15, 0.2) is 0 Å². The minimum Gasteiger partial charge on any atom is -0.325 e. The van der Waals surface area contributed by atoms with Gasteiger partial charge >= 0.3 is 0 Å². The van der Waals surface area contributed by atoms with E-state index in [4.69, 9.17) is 0 Å². The van der Waals surface area contributed by atoms with Gasteiger partial charge in [-0.05, 0) is 42.3 Å². The van der Waals surface area contributed by atoms with Gasteiger partial charge in [-0.1, -0.05) is 18.2 Å². The maximum atomic E-state index is 12.4. The van der Waals surface area contributed by atoms with E-state index in [0.29, 0.717) is 12.1 Å². The van der Waals surface area contributed by atoms with Crippen molar-refractivity contribution in [2.75, 3.05) is 19.4 Å². The molecule has 0 radical (unpaired) electrons. The standard InChI is InChI=1S/C17H18N2O3S2/c1-19(2)24(21,22)14-9-7-13(8-10-14)18-17(20)16-11-12-5-3-4-6-15(12)23-16/h3-10,16H,11H2,1-2H3,(H,18,20)/t16-/m1/s1. The first-order valence-corrected chi connectivity index (χ1v) is 9.78. The van der Waals surface area contributed by atoms with Crippen LogP contribution in [0.1, 0.15) is 5.56 Å². The molecule has 0 saturated carbocycles. The molecular formula is C17H18N2O3S2. The van der Waals surface area contributed by atoms with E-state index in [2.05, 4.69) is 5.32 Å². The number of nitrogens with zero attached hydrogens (tertiary/aromatic N) is 1. The molecule has 3 rings (SSSR count). The molecule has 2 aromatic rings. The number of rotatable bonds is 4. The lowest BCUT2D eigenvalue weighted by Gasteiger charge is -2.13. The fourth-order valence-electron chi connectivity index (χ4n) is 2.47. The fourth-order valence-corrected chi connectivity index (χ4v) is 4.57. The van der Waals surface area contributed by atoms with Crippen LogP contribution in [0.5, 0.6) is 0 Å². The van der Waals surface area contributed by atoms with Crippen LogP contribution >= 0.6 is 11.8 Å². The highest BCUT2D eigenvalue weighted by Gasteiger charge is 2.28. The van der Waals surface area contributed by atoms with Crippen LogP contribution in [0.3, 0.4) is 0 Å². The van der Waals surface area contributed by atoms with Crippen LogP contribution in [0.2, 0.25) is 0 Å². The van der Waals surface area contributed by atoms with E-state index in [1.54, 1.807) is 23.9 Å². The number of anilines is 1. The van der Waals surface area contributed by atoms with Gasteiger partial charge in [0, 0.05) is 24.7 Å². The normalized spacial score (nSPS) is 16.9. The van der Waals surface area contributed by atoms with Gasteiger partial charge in [-0.15, -0.1) is 11.8 Å². The largest absolute Gasteiger partial charge is 0.325 e. The van der Waals surface area contributed by atoms with Crippen LogP contribution in [0.25, 0.3) is 0 Å². The Morgan fingerprint density at radius 1 is 1.12 bits per heavy atom. The smallest absolute Gasteiger partial charge is 0.242 e. The van der Waals surface area contributed by atoms with Crippen LogP contribution in [0, 0.1) is 0 Å². The van der Waals surface area contributed by atoms with E-state index in [0.717, 1.165) is 9.20 Å². The molecule has 0 fully saturated rings. The Balaban J connectivity index is 1.68. The third-order valence-electron chi connectivity index (χ3n) is 3.84. The lowest BCUT2D eigenvalue weighted by molar-refractivity contribution is -0.115. The van der Waals surface area contributed by atoms with Gasteiger partial charge in [0.05, 0.1) is 10.1 Å². The summed E-state index contributed by atoms with van der Waals surface area (Å²) in [7, 11) is -0.485. The second kappa shape index (κ2) is 6.58. The van der Waals surface area contributed by atoms with Gasteiger partial charge < -0.3 is 5.32 Å². The topological polar surface area (TPSA) is 66.5 Å². The number of carbonyl (C=O) groups excluding carboxylic acids is 1. The summed E-state index contributed by atoms with van der Waals surface area (Å²) in [6.45, 7) is 0. The van der Waals surface area contributed by atoms with E-state index in [-0.39, 0.29) is 16.1 Å². The number of nitrogens with one attached hydrogen (secondary N) is 1. The minimum absolute atomic E-state index is 0.0700. The number of hydrogen-bond acceptors (Lipinski definition) is 4. The molecule has 7 heteroatoms. The first-order chi connectivity index (χ1) is 11.4. The summed E-state index contributed by atoms with van der Waals surface area (Å²) < 4.78 is 25.2. The van der Waals surface area contributed by atoms with Crippen molar-refractivity contribution in [1.29, 1.82) is 0 Å². The highest BCUT2D eigenvalue weighted by Crippen LogP contribution is 2.37. The maximum absolute atomic E-state index is 12.4. The average molecular weight is 362 g/mol. The molecule has 0 saturated heterocycles. The zero-order valence-corrected chi connectivity index (χ0v) is 15.0. The van der Waals surface area contributed by atoms with E-state index in [1.165, 1.54) is 31.8 Å². The zero-order valence-electron chi connectivity index (χ0n) is 13.4. The first-order valence-electron chi connectivity index (χ1n) is 7.46. The Morgan fingerprint density at radius 2 is 1.79 bits per heavy atom. The van der Waals surface area contributed by atoms with Crippen molar-refractivity contribution in [3.8, 4) is 0 Å². The molecule has 1 heterocycles. The predicted molar refractivity (Wildman–Crippen MR) is 95.7 cm³/mol. The van der Waals surface area contributed by atoms with Crippen molar-refractivity contribution in [1.82, 2.24) is 4.31 Å². The SMILES string of the molecule is CN(C)S(=O)(=O)c1ccc(NC(=O)[C@H]2Cc3ccccc3S2)cc1. The van der Waals surface area contributed by atoms with Crippen LogP contribution in [-0.4, -0.2) is 38.0 Å². The van der Waals surface area contributed by atoms with Crippen molar-refractivity contribution in [3.05, 3.63) is 54.1 Å². The number of thioether (sulfide) groups is 1. The van der Waals surface area contributed by atoms with Crippen molar-refractivity contribution in [2.24, 2.45) is 0 Å². The third kappa shape index (κ3) is 3.33. The van der Waals surface area contributed by atoms with Gasteiger partial charge in [-0.25, -0.2) is 12.7 Å². The lowest BCUT2D eigenvalue weighted by atomic mass is 10.1. The molecule has 1 N–H and O–H groups in total. The predicted octanol–water partition coefficient (Wildman–Crippen LogP) is 2.59. The molecule has 5 nitrogen and oxygen atoms in total. The summed E-state index contributed by atoms with van der Waals surface area (Å²) in [5.41, 5.74) is 1.78. The summed E-state index contributed by atoms with van der Waals surface area (Å²) >= 11 is 1.56. The first kappa shape index (κ1) is 17.0. The lowest BCUT2D eigenvalue weighted by Crippen LogP contribution is -2.25. The number of hydrogen-bond donors (Lipinski definition) is 1. The number of benzene rings is 2. The van der Waals surface area contributed by atoms with Gasteiger partial charge in [-0.2, -0.15) is 0 Å². The summed E-state index contributed by atoms with van der Waals surface area (Å²) in [6.07, 6.45) is 0.708. The van der Waals surface area contributed by atoms with E-state index in [1.807, 2.05) is 24.3 Å². The Labute approximate surface area is 146 Å². The summed E-state index contributed by atoms with van der Waals surface area (Å²) in [6, 6.07) is 14.2. The number of amides is 1. The summed E-state index contributed by atoms with van der Waals surface area (Å²) in [5.74, 6) is -0.0700.